The highest BCUT2D eigenvalue weighted by atomic mass is 16.5. The van der Waals surface area contributed by atoms with Crippen LogP contribution < -0.4 is 10.1 Å². The number of nitrogens with one attached hydrogen (secondary N) is 1. The van der Waals surface area contributed by atoms with Crippen LogP contribution in [0, 0.1) is 0 Å². The number of methoxy groups -OCH3 is 1. The van der Waals surface area contributed by atoms with E-state index in [1.54, 1.807) is 19.4 Å². The Hall–Kier alpha value is -2.08. The number of rotatable bonds is 8. The molecule has 0 spiro atoms. The van der Waals surface area contributed by atoms with Gasteiger partial charge in [0.15, 0.2) is 0 Å². The lowest BCUT2D eigenvalue weighted by atomic mass is 10.2. The van der Waals surface area contributed by atoms with E-state index in [4.69, 9.17) is 13.9 Å². The maximum absolute atomic E-state index is 5.58. The summed E-state index contributed by atoms with van der Waals surface area (Å²) in [4.78, 5) is 8.88. The lowest BCUT2D eigenvalue weighted by Crippen LogP contribution is -2.10. The number of furan rings is 1. The summed E-state index contributed by atoms with van der Waals surface area (Å²) in [7, 11) is 1.64. The van der Waals surface area contributed by atoms with Gasteiger partial charge in [-0.25, -0.2) is 4.98 Å². The van der Waals surface area contributed by atoms with Crippen molar-refractivity contribution in [2.45, 2.75) is 26.3 Å². The highest BCUT2D eigenvalue weighted by molar-refractivity contribution is 5.39. The predicted molar refractivity (Wildman–Crippen MR) is 79.5 cm³/mol. The van der Waals surface area contributed by atoms with E-state index in [1.165, 1.54) is 0 Å². The molecule has 2 aromatic heterocycles. The van der Waals surface area contributed by atoms with Gasteiger partial charge in [0.1, 0.15) is 24.0 Å². The van der Waals surface area contributed by atoms with Gasteiger partial charge < -0.3 is 19.2 Å². The van der Waals surface area contributed by atoms with E-state index in [9.17, 15) is 0 Å². The van der Waals surface area contributed by atoms with Crippen LogP contribution in [0.4, 0.5) is 5.82 Å². The number of ether oxygens (including phenoxy) is 2. The zero-order chi connectivity index (χ0) is 15.1. The lowest BCUT2D eigenvalue weighted by Gasteiger charge is -2.11. The molecule has 0 amide bonds. The third kappa shape index (κ3) is 4.75. The third-order valence-electron chi connectivity index (χ3n) is 2.80. The molecule has 2 rings (SSSR count). The van der Waals surface area contributed by atoms with Gasteiger partial charge in [0.25, 0.3) is 0 Å². The second-order valence-electron chi connectivity index (χ2n) is 4.88. The van der Waals surface area contributed by atoms with Gasteiger partial charge in [-0.3, -0.25) is 0 Å². The molecule has 21 heavy (non-hydrogen) atoms. The van der Waals surface area contributed by atoms with Gasteiger partial charge >= 0.3 is 0 Å². The van der Waals surface area contributed by atoms with Crippen LogP contribution >= 0.6 is 0 Å². The van der Waals surface area contributed by atoms with Crippen LogP contribution in [-0.2, 0) is 11.3 Å². The number of nitrogens with zero attached hydrogens (tertiary/aromatic N) is 2. The van der Waals surface area contributed by atoms with E-state index in [1.807, 2.05) is 26.0 Å². The molecule has 0 radical (unpaired) electrons. The molecular formula is C15H21N3O3. The van der Waals surface area contributed by atoms with E-state index >= 15 is 0 Å². The van der Waals surface area contributed by atoms with Crippen molar-refractivity contribution in [3.63, 3.8) is 0 Å². The normalized spacial score (nSPS) is 10.9. The topological polar surface area (TPSA) is 69.4 Å². The molecule has 0 bridgehead atoms. The summed E-state index contributed by atoms with van der Waals surface area (Å²) >= 11 is 0. The molecule has 2 aromatic rings. The van der Waals surface area contributed by atoms with Gasteiger partial charge in [0.2, 0.25) is 5.88 Å². The summed E-state index contributed by atoms with van der Waals surface area (Å²) in [5.74, 6) is 3.08. The van der Waals surface area contributed by atoms with E-state index < -0.39 is 0 Å². The molecule has 6 nitrogen and oxygen atoms in total. The largest absolute Gasteiger partial charge is 0.475 e. The summed E-state index contributed by atoms with van der Waals surface area (Å²) < 4.78 is 15.8. The smallest absolute Gasteiger partial charge is 0.218 e. The van der Waals surface area contributed by atoms with Crippen LogP contribution in [0.25, 0.3) is 0 Å². The number of aromatic nitrogens is 2. The first-order valence-corrected chi connectivity index (χ1v) is 6.96. The van der Waals surface area contributed by atoms with Crippen molar-refractivity contribution < 1.29 is 13.9 Å². The van der Waals surface area contributed by atoms with Gasteiger partial charge in [-0.05, 0) is 12.1 Å². The standard InChI is InChI=1S/C15H21N3O3/c1-11(2)15-17-13(16-10-12-5-4-6-20-12)9-14(18-15)21-8-7-19-3/h4-6,9,11H,7-8,10H2,1-3H3,(H,16,17,18). The zero-order valence-corrected chi connectivity index (χ0v) is 12.6. The average molecular weight is 291 g/mol. The minimum Gasteiger partial charge on any atom is -0.475 e. The molecule has 0 atom stereocenters. The molecule has 0 aliphatic heterocycles. The van der Waals surface area contributed by atoms with E-state index in [0.29, 0.717) is 25.6 Å². The van der Waals surface area contributed by atoms with Gasteiger partial charge in [-0.1, -0.05) is 13.8 Å². The minimum absolute atomic E-state index is 0.222. The summed E-state index contributed by atoms with van der Waals surface area (Å²) in [6, 6.07) is 5.55. The van der Waals surface area contributed by atoms with Crippen molar-refractivity contribution in [2.24, 2.45) is 0 Å². The molecule has 0 saturated carbocycles. The molecule has 1 N–H and O–H groups in total. The van der Waals surface area contributed by atoms with Gasteiger partial charge in [0, 0.05) is 19.1 Å². The molecule has 0 fully saturated rings. The molecular weight excluding hydrogens is 270 g/mol. The Morgan fingerprint density at radius 3 is 2.81 bits per heavy atom. The van der Waals surface area contributed by atoms with Crippen molar-refractivity contribution >= 4 is 5.82 Å². The molecule has 0 aromatic carbocycles. The maximum Gasteiger partial charge on any atom is 0.218 e. The Labute approximate surface area is 124 Å². The fourth-order valence-corrected chi connectivity index (χ4v) is 1.69. The third-order valence-corrected chi connectivity index (χ3v) is 2.80. The van der Waals surface area contributed by atoms with Crippen molar-refractivity contribution in [3.05, 3.63) is 36.0 Å². The van der Waals surface area contributed by atoms with E-state index in [2.05, 4.69) is 15.3 Å². The van der Waals surface area contributed by atoms with E-state index in [-0.39, 0.29) is 5.92 Å². The fourth-order valence-electron chi connectivity index (χ4n) is 1.69. The molecule has 0 aliphatic carbocycles. The van der Waals surface area contributed by atoms with Gasteiger partial charge in [-0.2, -0.15) is 4.98 Å². The molecule has 0 unspecified atom stereocenters. The quantitative estimate of drug-likeness (QED) is 0.754. The molecule has 0 aliphatic rings. The van der Waals surface area contributed by atoms with Crippen molar-refractivity contribution in [1.29, 1.82) is 0 Å². The molecule has 2 heterocycles. The first-order chi connectivity index (χ1) is 10.2. The Morgan fingerprint density at radius 1 is 1.29 bits per heavy atom. The van der Waals surface area contributed by atoms with Crippen LogP contribution in [0.15, 0.2) is 28.9 Å². The number of anilines is 1. The zero-order valence-electron chi connectivity index (χ0n) is 12.6. The number of hydrogen-bond donors (Lipinski definition) is 1. The molecule has 6 heteroatoms. The Morgan fingerprint density at radius 2 is 2.14 bits per heavy atom. The second kappa shape index (κ2) is 7.64. The monoisotopic (exact) mass is 291 g/mol. The van der Waals surface area contributed by atoms with Crippen LogP contribution in [0.5, 0.6) is 5.88 Å². The average Bonchev–Trinajstić information content (AvgIpc) is 2.98. The fraction of sp³-hybridized carbons (Fsp3) is 0.467. The summed E-state index contributed by atoms with van der Waals surface area (Å²) in [5.41, 5.74) is 0. The highest BCUT2D eigenvalue weighted by Gasteiger charge is 2.09. The van der Waals surface area contributed by atoms with E-state index in [0.717, 1.165) is 17.4 Å². The summed E-state index contributed by atoms with van der Waals surface area (Å²) in [5, 5.41) is 3.22. The predicted octanol–water partition coefficient (Wildman–Crippen LogP) is 2.83. The Balaban J connectivity index is 2.07. The van der Waals surface area contributed by atoms with Crippen molar-refractivity contribution in [1.82, 2.24) is 9.97 Å². The molecule has 114 valence electrons. The van der Waals surface area contributed by atoms with Crippen molar-refractivity contribution in [3.8, 4) is 5.88 Å². The lowest BCUT2D eigenvalue weighted by molar-refractivity contribution is 0.143. The highest BCUT2D eigenvalue weighted by Crippen LogP contribution is 2.19. The second-order valence-corrected chi connectivity index (χ2v) is 4.88. The Bertz CT molecular complexity index is 541. The molecule has 0 saturated heterocycles. The SMILES string of the molecule is COCCOc1cc(NCc2ccco2)nc(C(C)C)n1. The Kier molecular flexibility index (Phi) is 5.57. The van der Waals surface area contributed by atoms with Crippen LogP contribution in [-0.4, -0.2) is 30.3 Å². The van der Waals surface area contributed by atoms with Crippen LogP contribution in [0.2, 0.25) is 0 Å². The first-order valence-electron chi connectivity index (χ1n) is 6.96. The number of hydrogen-bond acceptors (Lipinski definition) is 6. The minimum atomic E-state index is 0.222. The summed E-state index contributed by atoms with van der Waals surface area (Å²) in [6.07, 6.45) is 1.65. The van der Waals surface area contributed by atoms with Gasteiger partial charge in [-0.15, -0.1) is 0 Å². The van der Waals surface area contributed by atoms with Gasteiger partial charge in [0.05, 0.1) is 19.4 Å². The van der Waals surface area contributed by atoms with Crippen molar-refractivity contribution in [2.75, 3.05) is 25.6 Å². The first kappa shape index (κ1) is 15.3. The summed E-state index contributed by atoms with van der Waals surface area (Å²) in [6.45, 7) is 5.65. The van der Waals surface area contributed by atoms with Crippen LogP contribution in [0.1, 0.15) is 31.4 Å². The maximum atomic E-state index is 5.58. The van der Waals surface area contributed by atoms with Crippen LogP contribution in [0.3, 0.4) is 0 Å².